The molecular weight excluding hydrogens is 258 g/mol. The number of carbonyl (C=O) groups is 1. The summed E-state index contributed by atoms with van der Waals surface area (Å²) in [4.78, 5) is 13.7. The Labute approximate surface area is 98.6 Å². The molecular formula is C11H16BrNO2. The zero-order chi connectivity index (χ0) is 11.6. The summed E-state index contributed by atoms with van der Waals surface area (Å²) >= 11 is 3.40. The average molecular weight is 274 g/mol. The maximum absolute atomic E-state index is 12.0. The van der Waals surface area contributed by atoms with Gasteiger partial charge >= 0.3 is 0 Å². The van der Waals surface area contributed by atoms with Gasteiger partial charge in [0.25, 0.3) is 5.91 Å². The van der Waals surface area contributed by atoms with Crippen molar-refractivity contribution in [1.29, 1.82) is 0 Å². The third-order valence-electron chi connectivity index (χ3n) is 2.60. The van der Waals surface area contributed by atoms with Gasteiger partial charge in [0.15, 0.2) is 5.76 Å². The summed E-state index contributed by atoms with van der Waals surface area (Å²) in [5.74, 6) is 0.341. The zero-order valence-electron chi connectivity index (χ0n) is 9.50. The molecule has 1 rings (SSSR count). The second-order valence-electron chi connectivity index (χ2n) is 4.24. The standard InChI is InChI=1S/C11H16BrNO2/c1-8-5-6-15-9(8)10(14)13(4)11(2,3)7-12/h5-6H,7H2,1-4H3. The van der Waals surface area contributed by atoms with Crippen molar-refractivity contribution in [2.24, 2.45) is 0 Å². The molecule has 1 heterocycles. The molecule has 3 nitrogen and oxygen atoms in total. The van der Waals surface area contributed by atoms with E-state index in [2.05, 4.69) is 15.9 Å². The SMILES string of the molecule is Cc1ccoc1C(=O)N(C)C(C)(C)CBr. The second-order valence-corrected chi connectivity index (χ2v) is 4.80. The Kier molecular flexibility index (Phi) is 3.60. The summed E-state index contributed by atoms with van der Waals surface area (Å²) in [6, 6.07) is 1.79. The molecule has 1 aromatic rings. The van der Waals surface area contributed by atoms with Crippen LogP contribution in [0.3, 0.4) is 0 Å². The lowest BCUT2D eigenvalue weighted by molar-refractivity contribution is 0.0630. The third-order valence-corrected chi connectivity index (χ3v) is 3.97. The van der Waals surface area contributed by atoms with E-state index in [4.69, 9.17) is 4.42 Å². The molecule has 0 fully saturated rings. The van der Waals surface area contributed by atoms with Gasteiger partial charge in [-0.1, -0.05) is 15.9 Å². The van der Waals surface area contributed by atoms with E-state index in [0.717, 1.165) is 10.9 Å². The quantitative estimate of drug-likeness (QED) is 0.794. The maximum atomic E-state index is 12.0. The molecule has 0 radical (unpaired) electrons. The van der Waals surface area contributed by atoms with E-state index in [1.165, 1.54) is 6.26 Å². The van der Waals surface area contributed by atoms with Gasteiger partial charge in [-0.3, -0.25) is 4.79 Å². The number of amides is 1. The molecule has 84 valence electrons. The first-order valence-electron chi connectivity index (χ1n) is 4.78. The van der Waals surface area contributed by atoms with E-state index in [9.17, 15) is 4.79 Å². The van der Waals surface area contributed by atoms with Crippen molar-refractivity contribution in [2.45, 2.75) is 26.3 Å². The predicted molar refractivity (Wildman–Crippen MR) is 63.4 cm³/mol. The Bertz CT molecular complexity index is 357. The highest BCUT2D eigenvalue weighted by Gasteiger charge is 2.29. The van der Waals surface area contributed by atoms with Crippen LogP contribution in [0.1, 0.15) is 30.0 Å². The molecule has 0 atom stereocenters. The molecule has 0 aliphatic heterocycles. The molecule has 0 aliphatic carbocycles. The molecule has 0 aliphatic rings. The van der Waals surface area contributed by atoms with E-state index in [1.54, 1.807) is 18.0 Å². The number of nitrogens with zero attached hydrogens (tertiary/aromatic N) is 1. The van der Waals surface area contributed by atoms with E-state index in [-0.39, 0.29) is 11.4 Å². The first kappa shape index (κ1) is 12.3. The Morgan fingerprint density at radius 1 is 1.60 bits per heavy atom. The fourth-order valence-corrected chi connectivity index (χ4v) is 1.48. The molecule has 1 aromatic heterocycles. The average Bonchev–Trinajstić information content (AvgIpc) is 2.62. The minimum atomic E-state index is -0.226. The highest BCUT2D eigenvalue weighted by atomic mass is 79.9. The number of furan rings is 1. The van der Waals surface area contributed by atoms with Crippen molar-refractivity contribution in [1.82, 2.24) is 4.90 Å². The number of rotatable bonds is 3. The molecule has 0 unspecified atom stereocenters. The topological polar surface area (TPSA) is 33.5 Å². The minimum Gasteiger partial charge on any atom is -0.459 e. The molecule has 0 spiro atoms. The lowest BCUT2D eigenvalue weighted by Gasteiger charge is -2.33. The number of alkyl halides is 1. The molecule has 0 N–H and O–H groups in total. The zero-order valence-corrected chi connectivity index (χ0v) is 11.1. The van der Waals surface area contributed by atoms with Crippen molar-refractivity contribution in [2.75, 3.05) is 12.4 Å². The molecule has 0 bridgehead atoms. The first-order valence-corrected chi connectivity index (χ1v) is 5.90. The number of hydrogen-bond acceptors (Lipinski definition) is 2. The summed E-state index contributed by atoms with van der Waals surface area (Å²) in [7, 11) is 1.78. The van der Waals surface area contributed by atoms with Crippen molar-refractivity contribution >= 4 is 21.8 Å². The Hall–Kier alpha value is -0.770. The Morgan fingerprint density at radius 2 is 2.20 bits per heavy atom. The fraction of sp³-hybridized carbons (Fsp3) is 0.545. The number of carbonyl (C=O) groups excluding carboxylic acids is 1. The molecule has 0 aromatic carbocycles. The van der Waals surface area contributed by atoms with Crippen molar-refractivity contribution < 1.29 is 9.21 Å². The van der Waals surface area contributed by atoms with Crippen LogP contribution in [0.4, 0.5) is 0 Å². The van der Waals surface area contributed by atoms with Gasteiger partial charge in [0.2, 0.25) is 0 Å². The van der Waals surface area contributed by atoms with E-state index in [0.29, 0.717) is 5.76 Å². The summed E-state index contributed by atoms with van der Waals surface area (Å²) < 4.78 is 5.18. The van der Waals surface area contributed by atoms with Crippen molar-refractivity contribution in [3.63, 3.8) is 0 Å². The van der Waals surface area contributed by atoms with Crippen LogP contribution in [0.5, 0.6) is 0 Å². The summed E-state index contributed by atoms with van der Waals surface area (Å²) in [5.41, 5.74) is 0.647. The van der Waals surface area contributed by atoms with Crippen LogP contribution in [-0.4, -0.2) is 28.7 Å². The molecule has 4 heteroatoms. The minimum absolute atomic E-state index is 0.0815. The van der Waals surface area contributed by atoms with Gasteiger partial charge in [-0.2, -0.15) is 0 Å². The van der Waals surface area contributed by atoms with Gasteiger partial charge in [0, 0.05) is 23.5 Å². The Morgan fingerprint density at radius 3 is 2.60 bits per heavy atom. The van der Waals surface area contributed by atoms with Crippen LogP contribution in [0.15, 0.2) is 16.7 Å². The van der Waals surface area contributed by atoms with Crippen LogP contribution < -0.4 is 0 Å². The maximum Gasteiger partial charge on any atom is 0.290 e. The molecule has 0 saturated heterocycles. The van der Waals surface area contributed by atoms with Gasteiger partial charge in [-0.25, -0.2) is 0 Å². The first-order chi connectivity index (χ1) is 6.90. The lowest BCUT2D eigenvalue weighted by Crippen LogP contribution is -2.46. The van der Waals surface area contributed by atoms with Gasteiger partial charge in [0.05, 0.1) is 6.26 Å². The molecule has 0 saturated carbocycles. The Balaban J connectivity index is 2.92. The molecule has 1 amide bonds. The van der Waals surface area contributed by atoms with Gasteiger partial charge in [-0.05, 0) is 26.8 Å². The van der Waals surface area contributed by atoms with Gasteiger partial charge in [-0.15, -0.1) is 0 Å². The summed E-state index contributed by atoms with van der Waals surface area (Å²) in [5, 5.41) is 0.724. The van der Waals surface area contributed by atoms with E-state index in [1.807, 2.05) is 20.8 Å². The lowest BCUT2D eigenvalue weighted by atomic mass is 10.1. The van der Waals surface area contributed by atoms with Gasteiger partial charge in [0.1, 0.15) is 0 Å². The fourth-order valence-electron chi connectivity index (χ4n) is 1.11. The second kappa shape index (κ2) is 4.39. The largest absolute Gasteiger partial charge is 0.459 e. The smallest absolute Gasteiger partial charge is 0.290 e. The highest BCUT2D eigenvalue weighted by Crippen LogP contribution is 2.20. The monoisotopic (exact) mass is 273 g/mol. The number of halogens is 1. The summed E-state index contributed by atoms with van der Waals surface area (Å²) in [6.07, 6.45) is 1.54. The summed E-state index contributed by atoms with van der Waals surface area (Å²) in [6.45, 7) is 5.86. The van der Waals surface area contributed by atoms with E-state index < -0.39 is 0 Å². The number of aryl methyl sites for hydroxylation is 1. The van der Waals surface area contributed by atoms with Gasteiger partial charge < -0.3 is 9.32 Å². The van der Waals surface area contributed by atoms with E-state index >= 15 is 0 Å². The van der Waals surface area contributed by atoms with Crippen molar-refractivity contribution in [3.8, 4) is 0 Å². The third kappa shape index (κ3) is 2.43. The van der Waals surface area contributed by atoms with Crippen LogP contribution in [0.2, 0.25) is 0 Å². The van der Waals surface area contributed by atoms with Crippen LogP contribution in [0.25, 0.3) is 0 Å². The van der Waals surface area contributed by atoms with Crippen LogP contribution in [0, 0.1) is 6.92 Å². The normalized spacial score (nSPS) is 11.5. The number of hydrogen-bond donors (Lipinski definition) is 0. The predicted octanol–water partition coefficient (Wildman–Crippen LogP) is 2.83. The van der Waals surface area contributed by atoms with Crippen molar-refractivity contribution in [3.05, 3.63) is 23.7 Å². The van der Waals surface area contributed by atoms with Crippen LogP contribution >= 0.6 is 15.9 Å². The highest BCUT2D eigenvalue weighted by molar-refractivity contribution is 9.09. The molecule has 15 heavy (non-hydrogen) atoms. The van der Waals surface area contributed by atoms with Crippen LogP contribution in [-0.2, 0) is 0 Å².